The summed E-state index contributed by atoms with van der Waals surface area (Å²) < 4.78 is 0. The van der Waals surface area contributed by atoms with E-state index in [0.29, 0.717) is 6.54 Å². The molecule has 0 saturated carbocycles. The van der Waals surface area contributed by atoms with Crippen LogP contribution in [0.4, 0.5) is 11.4 Å². The van der Waals surface area contributed by atoms with Crippen molar-refractivity contribution in [3.05, 3.63) is 33.9 Å². The molecule has 4 N–H and O–H groups in total. The van der Waals surface area contributed by atoms with Gasteiger partial charge in [0, 0.05) is 30.3 Å². The van der Waals surface area contributed by atoms with Crippen LogP contribution in [0.1, 0.15) is 36.5 Å². The van der Waals surface area contributed by atoms with Gasteiger partial charge in [0.1, 0.15) is 5.69 Å². The molecule has 1 aromatic rings. The second-order valence-electron chi connectivity index (χ2n) is 5.45. The first-order valence-electron chi connectivity index (χ1n) is 7.02. The number of nitrogen functional groups attached to an aromatic ring is 1. The van der Waals surface area contributed by atoms with E-state index in [0.717, 1.165) is 19.3 Å². The lowest BCUT2D eigenvalue weighted by Gasteiger charge is -2.38. The van der Waals surface area contributed by atoms with Gasteiger partial charge in [-0.25, -0.2) is 0 Å². The van der Waals surface area contributed by atoms with Gasteiger partial charge in [0.15, 0.2) is 0 Å². The maximum atomic E-state index is 12.6. The van der Waals surface area contributed by atoms with E-state index in [1.54, 1.807) is 4.90 Å². The van der Waals surface area contributed by atoms with Crippen molar-refractivity contribution < 1.29 is 9.72 Å². The predicted molar refractivity (Wildman–Crippen MR) is 79.8 cm³/mol. The number of hydrogen-bond acceptors (Lipinski definition) is 5. The van der Waals surface area contributed by atoms with Gasteiger partial charge in [-0.15, -0.1) is 0 Å². The maximum absolute atomic E-state index is 12.6. The summed E-state index contributed by atoms with van der Waals surface area (Å²) in [7, 11) is 0. The van der Waals surface area contributed by atoms with Crippen molar-refractivity contribution in [1.29, 1.82) is 0 Å². The van der Waals surface area contributed by atoms with Crippen molar-refractivity contribution in [2.45, 2.75) is 38.3 Å². The SMILES string of the molecule is CC(N)C1CCCCN1C(=O)c1ccc(N)c([N+](=O)[O-])c1. The number of hydrogen-bond donors (Lipinski definition) is 2. The van der Waals surface area contributed by atoms with Crippen LogP contribution < -0.4 is 11.5 Å². The number of nitrogens with zero attached hydrogens (tertiary/aromatic N) is 2. The molecule has 2 atom stereocenters. The Labute approximate surface area is 123 Å². The third-order valence-electron chi connectivity index (χ3n) is 3.89. The molecular weight excluding hydrogens is 272 g/mol. The van der Waals surface area contributed by atoms with Gasteiger partial charge in [-0.1, -0.05) is 0 Å². The van der Waals surface area contributed by atoms with Crippen molar-refractivity contribution in [2.75, 3.05) is 12.3 Å². The molecule has 0 aliphatic carbocycles. The number of nitro groups is 1. The minimum atomic E-state index is -0.578. The highest BCUT2D eigenvalue weighted by atomic mass is 16.6. The first kappa shape index (κ1) is 15.2. The maximum Gasteiger partial charge on any atom is 0.292 e. The molecule has 1 saturated heterocycles. The average molecular weight is 292 g/mol. The van der Waals surface area contributed by atoms with E-state index in [4.69, 9.17) is 11.5 Å². The Hall–Kier alpha value is -2.15. The standard InChI is InChI=1S/C14H20N4O3/c1-9(15)12-4-2-3-7-17(12)14(19)10-5-6-11(16)13(8-10)18(20)21/h5-6,8-9,12H,2-4,7,15-16H2,1H3. The number of amides is 1. The van der Waals surface area contributed by atoms with Crippen LogP contribution in [-0.4, -0.2) is 34.4 Å². The Morgan fingerprint density at radius 1 is 1.48 bits per heavy atom. The van der Waals surface area contributed by atoms with Crippen LogP contribution in [0.25, 0.3) is 0 Å². The van der Waals surface area contributed by atoms with Crippen molar-refractivity contribution >= 4 is 17.3 Å². The summed E-state index contributed by atoms with van der Waals surface area (Å²) in [6.45, 7) is 2.50. The average Bonchev–Trinajstić information content (AvgIpc) is 2.46. The van der Waals surface area contributed by atoms with Crippen molar-refractivity contribution in [3.8, 4) is 0 Å². The summed E-state index contributed by atoms with van der Waals surface area (Å²) in [5.74, 6) is -0.222. The molecule has 2 rings (SSSR count). The van der Waals surface area contributed by atoms with Crippen LogP contribution in [0.3, 0.4) is 0 Å². The first-order valence-corrected chi connectivity index (χ1v) is 7.02. The zero-order valence-electron chi connectivity index (χ0n) is 12.0. The van der Waals surface area contributed by atoms with Crippen LogP contribution in [-0.2, 0) is 0 Å². The fraction of sp³-hybridized carbons (Fsp3) is 0.500. The zero-order valence-corrected chi connectivity index (χ0v) is 12.0. The minimum Gasteiger partial charge on any atom is -0.393 e. The highest BCUT2D eigenvalue weighted by molar-refractivity contribution is 5.96. The minimum absolute atomic E-state index is 0.0251. The van der Waals surface area contributed by atoms with Gasteiger partial charge in [0.25, 0.3) is 11.6 Å². The van der Waals surface area contributed by atoms with Crippen LogP contribution in [0.15, 0.2) is 18.2 Å². The number of carbonyl (C=O) groups is 1. The molecule has 1 aromatic carbocycles. The van der Waals surface area contributed by atoms with E-state index in [1.807, 2.05) is 6.92 Å². The molecule has 7 nitrogen and oxygen atoms in total. The number of anilines is 1. The summed E-state index contributed by atoms with van der Waals surface area (Å²) in [4.78, 5) is 24.7. The number of likely N-dealkylation sites (tertiary alicyclic amines) is 1. The third-order valence-corrected chi connectivity index (χ3v) is 3.89. The Balaban J connectivity index is 2.30. The molecule has 0 aromatic heterocycles. The van der Waals surface area contributed by atoms with Gasteiger partial charge in [0.05, 0.1) is 4.92 Å². The van der Waals surface area contributed by atoms with Crippen LogP contribution in [0.2, 0.25) is 0 Å². The van der Waals surface area contributed by atoms with E-state index < -0.39 is 4.92 Å². The van der Waals surface area contributed by atoms with Gasteiger partial charge >= 0.3 is 0 Å². The molecular formula is C14H20N4O3. The monoisotopic (exact) mass is 292 g/mol. The fourth-order valence-electron chi connectivity index (χ4n) is 2.76. The highest BCUT2D eigenvalue weighted by Crippen LogP contribution is 2.26. The van der Waals surface area contributed by atoms with Gasteiger partial charge in [-0.3, -0.25) is 14.9 Å². The zero-order chi connectivity index (χ0) is 15.6. The Morgan fingerprint density at radius 2 is 2.19 bits per heavy atom. The van der Waals surface area contributed by atoms with Crippen molar-refractivity contribution in [2.24, 2.45) is 5.73 Å². The quantitative estimate of drug-likeness (QED) is 0.498. The third kappa shape index (κ3) is 3.13. The number of piperidine rings is 1. The normalized spacial score (nSPS) is 20.1. The lowest BCUT2D eigenvalue weighted by atomic mass is 9.96. The van der Waals surface area contributed by atoms with Crippen molar-refractivity contribution in [3.63, 3.8) is 0 Å². The molecule has 1 aliphatic heterocycles. The number of rotatable bonds is 3. The van der Waals surface area contributed by atoms with Crippen LogP contribution >= 0.6 is 0 Å². The predicted octanol–water partition coefficient (Wildman–Crippen LogP) is 1.52. The molecule has 1 aliphatic rings. The summed E-state index contributed by atoms with van der Waals surface area (Å²) in [6, 6.07) is 4.01. The second kappa shape index (κ2) is 6.09. The van der Waals surface area contributed by atoms with Crippen LogP contribution in [0, 0.1) is 10.1 Å². The number of nitrogens with two attached hydrogens (primary N) is 2. The number of benzene rings is 1. The van der Waals surface area contributed by atoms with Gasteiger partial charge in [0.2, 0.25) is 0 Å². The Bertz CT molecular complexity index is 559. The summed E-state index contributed by atoms with van der Waals surface area (Å²) >= 11 is 0. The molecule has 0 bridgehead atoms. The molecule has 1 amide bonds. The van der Waals surface area contributed by atoms with E-state index in [9.17, 15) is 14.9 Å². The van der Waals surface area contributed by atoms with E-state index in [-0.39, 0.29) is 34.9 Å². The van der Waals surface area contributed by atoms with E-state index in [1.165, 1.54) is 18.2 Å². The molecule has 114 valence electrons. The smallest absolute Gasteiger partial charge is 0.292 e. The lowest BCUT2D eigenvalue weighted by Crippen LogP contribution is -2.51. The topological polar surface area (TPSA) is 115 Å². The molecule has 1 fully saturated rings. The molecule has 21 heavy (non-hydrogen) atoms. The second-order valence-corrected chi connectivity index (χ2v) is 5.45. The highest BCUT2D eigenvalue weighted by Gasteiger charge is 2.30. The largest absolute Gasteiger partial charge is 0.393 e. The van der Waals surface area contributed by atoms with Crippen LogP contribution in [0.5, 0.6) is 0 Å². The van der Waals surface area contributed by atoms with Crippen molar-refractivity contribution in [1.82, 2.24) is 4.90 Å². The molecule has 2 unspecified atom stereocenters. The summed E-state index contributed by atoms with van der Waals surface area (Å²) in [5.41, 5.74) is 11.6. The molecule has 1 heterocycles. The number of carbonyl (C=O) groups excluding carboxylic acids is 1. The Kier molecular flexibility index (Phi) is 4.42. The molecule has 0 spiro atoms. The van der Waals surface area contributed by atoms with E-state index >= 15 is 0 Å². The molecule has 0 radical (unpaired) electrons. The summed E-state index contributed by atoms with van der Waals surface area (Å²) in [5, 5.41) is 10.9. The first-order chi connectivity index (χ1) is 9.91. The number of nitro benzene ring substituents is 1. The molecule has 7 heteroatoms. The fourth-order valence-corrected chi connectivity index (χ4v) is 2.76. The summed E-state index contributed by atoms with van der Waals surface area (Å²) in [6.07, 6.45) is 2.82. The van der Waals surface area contributed by atoms with E-state index in [2.05, 4.69) is 0 Å². The van der Waals surface area contributed by atoms with Gasteiger partial charge in [-0.2, -0.15) is 0 Å². The Morgan fingerprint density at radius 3 is 2.81 bits per heavy atom. The van der Waals surface area contributed by atoms with Gasteiger partial charge < -0.3 is 16.4 Å². The lowest BCUT2D eigenvalue weighted by molar-refractivity contribution is -0.383. The van der Waals surface area contributed by atoms with Gasteiger partial charge in [-0.05, 0) is 38.3 Å².